The van der Waals surface area contributed by atoms with Crippen molar-refractivity contribution in [3.05, 3.63) is 17.2 Å². The molecule has 0 radical (unpaired) electrons. The third-order valence-corrected chi connectivity index (χ3v) is 4.33. The number of nitrogens with one attached hydrogen (secondary N) is 1. The number of fused-ring (bicyclic) bond motifs is 1. The highest BCUT2D eigenvalue weighted by Gasteiger charge is 2.29. The number of rotatable bonds is 8. The van der Waals surface area contributed by atoms with E-state index in [4.69, 9.17) is 0 Å². The number of nitrogens with zero attached hydrogens (tertiary/aromatic N) is 3. The molecule has 0 fully saturated rings. The molecular weight excluding hydrogens is 304 g/mol. The first-order chi connectivity index (χ1) is 11.6. The molecule has 1 aromatic heterocycles. The lowest BCUT2D eigenvalue weighted by atomic mass is 10.1. The van der Waals surface area contributed by atoms with Crippen LogP contribution in [0.2, 0.25) is 0 Å². The second-order valence-corrected chi connectivity index (χ2v) is 6.39. The van der Waals surface area contributed by atoms with Crippen molar-refractivity contribution in [3.63, 3.8) is 0 Å². The summed E-state index contributed by atoms with van der Waals surface area (Å²) >= 11 is 0. The van der Waals surface area contributed by atoms with Gasteiger partial charge in [0.15, 0.2) is 5.82 Å². The Morgan fingerprint density at radius 2 is 1.83 bits per heavy atom. The molecule has 1 aromatic rings. The number of aromatic nitrogens is 2. The lowest BCUT2D eigenvalue weighted by Gasteiger charge is -2.22. The van der Waals surface area contributed by atoms with Crippen LogP contribution in [0.25, 0.3) is 0 Å². The molecule has 2 rings (SSSR count). The summed E-state index contributed by atoms with van der Waals surface area (Å²) in [5, 5.41) is 2.88. The summed E-state index contributed by atoms with van der Waals surface area (Å²) in [4.78, 5) is 31.7. The molecule has 1 aliphatic rings. The van der Waals surface area contributed by atoms with Crippen molar-refractivity contribution in [3.8, 4) is 0 Å². The van der Waals surface area contributed by atoms with E-state index in [9.17, 15) is 9.59 Å². The molecule has 0 aliphatic carbocycles. The van der Waals surface area contributed by atoms with Gasteiger partial charge in [0.1, 0.15) is 5.69 Å². The second-order valence-electron chi connectivity index (χ2n) is 6.39. The first kappa shape index (κ1) is 18.5. The van der Waals surface area contributed by atoms with Gasteiger partial charge in [0, 0.05) is 26.2 Å². The molecule has 6 nitrogen and oxygen atoms in total. The second kappa shape index (κ2) is 8.85. The highest BCUT2D eigenvalue weighted by Crippen LogP contribution is 2.22. The number of carbonyl (C=O) groups excluding carboxylic acids is 2. The quantitative estimate of drug-likeness (QED) is 0.794. The summed E-state index contributed by atoms with van der Waals surface area (Å²) in [6.45, 7) is 9.02. The van der Waals surface area contributed by atoms with Crippen LogP contribution in [-0.4, -0.2) is 45.9 Å². The Morgan fingerprint density at radius 3 is 2.46 bits per heavy atom. The van der Waals surface area contributed by atoms with Gasteiger partial charge in [-0.05, 0) is 38.5 Å². The highest BCUT2D eigenvalue weighted by molar-refractivity contribution is 5.97. The lowest BCUT2D eigenvalue weighted by molar-refractivity contribution is 0.0748. The van der Waals surface area contributed by atoms with Gasteiger partial charge < -0.3 is 14.8 Å². The average Bonchev–Trinajstić information content (AvgIpc) is 2.98. The van der Waals surface area contributed by atoms with Crippen molar-refractivity contribution >= 4 is 11.8 Å². The van der Waals surface area contributed by atoms with Crippen LogP contribution in [0.3, 0.4) is 0 Å². The van der Waals surface area contributed by atoms with Crippen molar-refractivity contribution in [2.45, 2.75) is 65.8 Å². The minimum absolute atomic E-state index is 0.0288. The maximum atomic E-state index is 13.0. The van der Waals surface area contributed by atoms with E-state index in [0.29, 0.717) is 18.1 Å². The summed E-state index contributed by atoms with van der Waals surface area (Å²) < 4.78 is 1.96. The van der Waals surface area contributed by atoms with Crippen molar-refractivity contribution in [1.29, 1.82) is 0 Å². The minimum atomic E-state index is -0.170. The van der Waals surface area contributed by atoms with Crippen molar-refractivity contribution in [2.75, 3.05) is 19.6 Å². The van der Waals surface area contributed by atoms with E-state index >= 15 is 0 Å². The summed E-state index contributed by atoms with van der Waals surface area (Å²) in [6, 6.07) is 0. The molecule has 0 aromatic carbocycles. The zero-order chi connectivity index (χ0) is 17.5. The monoisotopic (exact) mass is 334 g/mol. The Balaban J connectivity index is 2.34. The molecule has 6 heteroatoms. The van der Waals surface area contributed by atoms with Gasteiger partial charge in [0.25, 0.3) is 11.8 Å². The largest absolute Gasteiger partial charge is 0.349 e. The maximum absolute atomic E-state index is 13.0. The van der Waals surface area contributed by atoms with E-state index in [2.05, 4.69) is 24.1 Å². The molecule has 0 unspecified atom stereocenters. The third-order valence-electron chi connectivity index (χ3n) is 4.33. The van der Waals surface area contributed by atoms with Gasteiger partial charge in [-0.3, -0.25) is 9.59 Å². The molecule has 0 atom stereocenters. The van der Waals surface area contributed by atoms with E-state index in [-0.39, 0.29) is 11.8 Å². The fourth-order valence-electron chi connectivity index (χ4n) is 3.21. The first-order valence-corrected chi connectivity index (χ1v) is 9.30. The van der Waals surface area contributed by atoms with Gasteiger partial charge in [-0.1, -0.05) is 20.8 Å². The summed E-state index contributed by atoms with van der Waals surface area (Å²) in [5.74, 6) is 0.199. The maximum Gasteiger partial charge on any atom is 0.287 e. The van der Waals surface area contributed by atoms with Crippen molar-refractivity contribution in [1.82, 2.24) is 19.8 Å². The Kier molecular flexibility index (Phi) is 6.82. The molecule has 0 saturated carbocycles. The molecule has 134 valence electrons. The summed E-state index contributed by atoms with van der Waals surface area (Å²) in [6.07, 6.45) is 5.62. The fraction of sp³-hybridized carbons (Fsp3) is 0.722. The van der Waals surface area contributed by atoms with Crippen molar-refractivity contribution < 1.29 is 9.59 Å². The van der Waals surface area contributed by atoms with Crippen LogP contribution in [0.15, 0.2) is 0 Å². The van der Waals surface area contributed by atoms with Gasteiger partial charge in [-0.25, -0.2) is 4.98 Å². The fourth-order valence-corrected chi connectivity index (χ4v) is 3.21. The van der Waals surface area contributed by atoms with E-state index in [1.165, 1.54) is 0 Å². The average molecular weight is 334 g/mol. The zero-order valence-electron chi connectivity index (χ0n) is 15.2. The van der Waals surface area contributed by atoms with E-state index < -0.39 is 0 Å². The van der Waals surface area contributed by atoms with Gasteiger partial charge in [0.05, 0.1) is 5.69 Å². The smallest absolute Gasteiger partial charge is 0.287 e. The Morgan fingerprint density at radius 1 is 1.12 bits per heavy atom. The van der Waals surface area contributed by atoms with Crippen LogP contribution in [0, 0.1) is 0 Å². The normalized spacial score (nSPS) is 13.5. The molecule has 1 N–H and O–H groups in total. The van der Waals surface area contributed by atoms with Gasteiger partial charge in [-0.15, -0.1) is 0 Å². The lowest BCUT2D eigenvalue weighted by Crippen LogP contribution is -2.33. The molecule has 2 heterocycles. The van der Waals surface area contributed by atoms with Crippen LogP contribution in [0.4, 0.5) is 0 Å². The Bertz CT molecular complexity index is 574. The number of hydrogen-bond acceptors (Lipinski definition) is 3. The molecule has 2 amide bonds. The number of carbonyl (C=O) groups is 2. The SMILES string of the molecule is CCCNC(=O)c1nc(C(=O)N(CCC)CCC)c2n1CCCC2. The van der Waals surface area contributed by atoms with E-state index in [1.807, 2.05) is 16.4 Å². The molecule has 0 spiro atoms. The molecular formula is C18H30N4O2. The van der Waals surface area contributed by atoms with E-state index in [0.717, 1.165) is 63.9 Å². The van der Waals surface area contributed by atoms with Crippen LogP contribution < -0.4 is 5.32 Å². The molecule has 1 aliphatic heterocycles. The van der Waals surface area contributed by atoms with Crippen LogP contribution in [0.5, 0.6) is 0 Å². The topological polar surface area (TPSA) is 67.2 Å². The molecule has 24 heavy (non-hydrogen) atoms. The van der Waals surface area contributed by atoms with Crippen LogP contribution >= 0.6 is 0 Å². The summed E-state index contributed by atoms with van der Waals surface area (Å²) in [5.41, 5.74) is 1.42. The third kappa shape index (κ3) is 3.97. The minimum Gasteiger partial charge on any atom is -0.349 e. The van der Waals surface area contributed by atoms with Gasteiger partial charge >= 0.3 is 0 Å². The van der Waals surface area contributed by atoms with Gasteiger partial charge in [0.2, 0.25) is 0 Å². The van der Waals surface area contributed by atoms with Crippen LogP contribution in [0.1, 0.15) is 79.7 Å². The molecule has 0 bridgehead atoms. The molecule has 0 saturated heterocycles. The standard InChI is InChI=1S/C18H30N4O2/c1-4-10-19-17(23)16-20-15(14-9-7-8-13-22(14)16)18(24)21(11-5-2)12-6-3/h4-13H2,1-3H3,(H,19,23). The Hall–Kier alpha value is -1.85. The predicted molar refractivity (Wildman–Crippen MR) is 94.3 cm³/mol. The van der Waals surface area contributed by atoms with E-state index in [1.54, 1.807) is 0 Å². The predicted octanol–water partition coefficient (Wildman–Crippen LogP) is 2.62. The summed E-state index contributed by atoms with van der Waals surface area (Å²) in [7, 11) is 0. The van der Waals surface area contributed by atoms with Gasteiger partial charge in [-0.2, -0.15) is 0 Å². The zero-order valence-corrected chi connectivity index (χ0v) is 15.2. The van der Waals surface area contributed by atoms with Crippen LogP contribution in [-0.2, 0) is 13.0 Å². The number of imidazole rings is 1. The Labute approximate surface area is 144 Å². The highest BCUT2D eigenvalue weighted by atomic mass is 16.2. The first-order valence-electron chi connectivity index (χ1n) is 9.30. The number of hydrogen-bond donors (Lipinski definition) is 1. The van der Waals surface area contributed by atoms with Crippen molar-refractivity contribution in [2.24, 2.45) is 0 Å². The number of amides is 2.